The van der Waals surface area contributed by atoms with Gasteiger partial charge in [0, 0.05) is 18.6 Å². The van der Waals surface area contributed by atoms with Crippen LogP contribution in [0.3, 0.4) is 0 Å². The summed E-state index contributed by atoms with van der Waals surface area (Å²) < 4.78 is 10.1. The van der Waals surface area contributed by atoms with Crippen LogP contribution in [-0.2, 0) is 19.1 Å². The van der Waals surface area contributed by atoms with Gasteiger partial charge in [0.15, 0.2) is 6.29 Å². The zero-order valence-electron chi connectivity index (χ0n) is 13.1. The van der Waals surface area contributed by atoms with Crippen LogP contribution < -0.4 is 4.74 Å². The van der Waals surface area contributed by atoms with E-state index in [1.165, 1.54) is 6.07 Å². The topological polar surface area (TPSA) is 107 Å². The first kappa shape index (κ1) is 19.1. The van der Waals surface area contributed by atoms with Gasteiger partial charge in [-0.05, 0) is 31.9 Å². The normalized spacial score (nSPS) is 11.7. The van der Waals surface area contributed by atoms with Gasteiger partial charge < -0.3 is 14.6 Å². The first-order valence-corrected chi connectivity index (χ1v) is 7.29. The van der Waals surface area contributed by atoms with Crippen molar-refractivity contribution < 1.29 is 33.8 Å². The number of carboxylic acids is 1. The van der Waals surface area contributed by atoms with Gasteiger partial charge in [0.2, 0.25) is 0 Å². The zero-order chi connectivity index (χ0) is 17.9. The number of hydrogen-bond donors (Lipinski definition) is 1. The third-order valence-corrected chi connectivity index (χ3v) is 2.94. The minimum atomic E-state index is -1.24. The van der Waals surface area contributed by atoms with Gasteiger partial charge in [-0.15, -0.1) is 0 Å². The standard InChI is InChI=1S/C17H18O7/c1-12(23-17(22)10-9-15(19)20)5-4-8-16(21)24-14-7-3-2-6-13(14)11-18/h2-3,6-7,9-12H,4-5,8H2,1H3,(H,19,20)/b10-9+. The summed E-state index contributed by atoms with van der Waals surface area (Å²) in [6, 6.07) is 6.39. The maximum Gasteiger partial charge on any atom is 0.331 e. The van der Waals surface area contributed by atoms with Gasteiger partial charge in [-0.3, -0.25) is 9.59 Å². The number of carbonyl (C=O) groups is 4. The summed E-state index contributed by atoms with van der Waals surface area (Å²) in [6.45, 7) is 1.64. The van der Waals surface area contributed by atoms with E-state index >= 15 is 0 Å². The second-order valence-corrected chi connectivity index (χ2v) is 4.94. The van der Waals surface area contributed by atoms with Crippen LogP contribution in [0.15, 0.2) is 36.4 Å². The molecule has 0 aliphatic rings. The molecular formula is C17H18O7. The van der Waals surface area contributed by atoms with E-state index in [0.717, 1.165) is 6.08 Å². The van der Waals surface area contributed by atoms with Crippen LogP contribution in [0.2, 0.25) is 0 Å². The van der Waals surface area contributed by atoms with Crippen molar-refractivity contribution in [1.82, 2.24) is 0 Å². The Hall–Kier alpha value is -2.96. The SMILES string of the molecule is CC(CCCC(=O)Oc1ccccc1C=O)OC(=O)/C=C/C(=O)O. The Bertz CT molecular complexity index is 634. The van der Waals surface area contributed by atoms with E-state index in [0.29, 0.717) is 30.8 Å². The van der Waals surface area contributed by atoms with E-state index in [9.17, 15) is 19.2 Å². The molecule has 0 bridgehead atoms. The molecule has 0 aliphatic carbocycles. The molecule has 0 aliphatic heterocycles. The van der Waals surface area contributed by atoms with Crippen molar-refractivity contribution >= 4 is 24.2 Å². The molecule has 0 saturated carbocycles. The van der Waals surface area contributed by atoms with E-state index < -0.39 is 24.0 Å². The van der Waals surface area contributed by atoms with Crippen molar-refractivity contribution in [3.05, 3.63) is 42.0 Å². The molecule has 1 aromatic rings. The Labute approximate surface area is 138 Å². The smallest absolute Gasteiger partial charge is 0.331 e. The molecule has 1 aromatic carbocycles. The number of esters is 2. The molecule has 0 fully saturated rings. The first-order chi connectivity index (χ1) is 11.4. The highest BCUT2D eigenvalue weighted by Crippen LogP contribution is 2.17. The third kappa shape index (κ3) is 7.35. The Kier molecular flexibility index (Phi) is 7.90. The van der Waals surface area contributed by atoms with Crippen molar-refractivity contribution in [1.29, 1.82) is 0 Å². The van der Waals surface area contributed by atoms with Crippen LogP contribution in [0.4, 0.5) is 0 Å². The number of rotatable bonds is 9. The van der Waals surface area contributed by atoms with Crippen LogP contribution in [0.1, 0.15) is 36.5 Å². The second kappa shape index (κ2) is 9.94. The van der Waals surface area contributed by atoms with Crippen LogP contribution in [0.25, 0.3) is 0 Å². The molecule has 0 spiro atoms. The van der Waals surface area contributed by atoms with Crippen molar-refractivity contribution in [3.8, 4) is 5.75 Å². The lowest BCUT2D eigenvalue weighted by molar-refractivity contribution is -0.143. The molecule has 0 radical (unpaired) electrons. The Balaban J connectivity index is 2.33. The van der Waals surface area contributed by atoms with Crippen LogP contribution in [0.5, 0.6) is 5.75 Å². The maximum atomic E-state index is 11.7. The lowest BCUT2D eigenvalue weighted by atomic mass is 10.1. The molecule has 0 amide bonds. The van der Waals surface area contributed by atoms with Crippen LogP contribution in [0, 0.1) is 0 Å². The molecule has 7 nitrogen and oxygen atoms in total. The molecule has 1 N–H and O–H groups in total. The predicted molar refractivity (Wildman–Crippen MR) is 83.6 cm³/mol. The maximum absolute atomic E-state index is 11.7. The molecule has 0 aromatic heterocycles. The van der Waals surface area contributed by atoms with Crippen molar-refractivity contribution in [2.75, 3.05) is 0 Å². The molecule has 1 atom stereocenters. The fraction of sp³-hybridized carbons (Fsp3) is 0.294. The molecule has 1 unspecified atom stereocenters. The van der Waals surface area contributed by atoms with Gasteiger partial charge in [-0.1, -0.05) is 12.1 Å². The highest BCUT2D eigenvalue weighted by molar-refractivity contribution is 5.90. The number of ether oxygens (including phenoxy) is 2. The first-order valence-electron chi connectivity index (χ1n) is 7.29. The fourth-order valence-corrected chi connectivity index (χ4v) is 1.81. The van der Waals surface area contributed by atoms with Crippen molar-refractivity contribution in [2.24, 2.45) is 0 Å². The lowest BCUT2D eigenvalue weighted by Crippen LogP contribution is -2.15. The average molecular weight is 334 g/mol. The number of para-hydroxylation sites is 1. The number of aliphatic carboxylic acids is 1. The second-order valence-electron chi connectivity index (χ2n) is 4.94. The van der Waals surface area contributed by atoms with Gasteiger partial charge in [0.05, 0.1) is 11.7 Å². The monoisotopic (exact) mass is 334 g/mol. The molecule has 24 heavy (non-hydrogen) atoms. The van der Waals surface area contributed by atoms with E-state index in [-0.39, 0.29) is 12.2 Å². The van der Waals surface area contributed by atoms with E-state index in [1.54, 1.807) is 25.1 Å². The summed E-state index contributed by atoms with van der Waals surface area (Å²) >= 11 is 0. The van der Waals surface area contributed by atoms with Gasteiger partial charge in [-0.25, -0.2) is 9.59 Å². The summed E-state index contributed by atoms with van der Waals surface area (Å²) in [6.07, 6.45) is 2.58. The summed E-state index contributed by atoms with van der Waals surface area (Å²) in [5.41, 5.74) is 0.290. The van der Waals surface area contributed by atoms with E-state index in [2.05, 4.69) is 0 Å². The number of hydrogen-bond acceptors (Lipinski definition) is 6. The summed E-state index contributed by atoms with van der Waals surface area (Å²) in [5.74, 6) is -2.28. The number of carbonyl (C=O) groups excluding carboxylic acids is 3. The molecule has 0 saturated heterocycles. The third-order valence-electron chi connectivity index (χ3n) is 2.94. The van der Waals surface area contributed by atoms with Crippen molar-refractivity contribution in [2.45, 2.75) is 32.3 Å². The highest BCUT2D eigenvalue weighted by atomic mass is 16.5. The summed E-state index contributed by atoms with van der Waals surface area (Å²) in [4.78, 5) is 44.1. The summed E-state index contributed by atoms with van der Waals surface area (Å²) in [7, 11) is 0. The fourth-order valence-electron chi connectivity index (χ4n) is 1.81. The van der Waals surface area contributed by atoms with E-state index in [1.807, 2.05) is 0 Å². The molecule has 1 rings (SSSR count). The predicted octanol–water partition coefficient (Wildman–Crippen LogP) is 2.15. The molecule has 128 valence electrons. The van der Waals surface area contributed by atoms with Gasteiger partial charge in [-0.2, -0.15) is 0 Å². The van der Waals surface area contributed by atoms with E-state index in [4.69, 9.17) is 14.6 Å². The average Bonchev–Trinajstić information content (AvgIpc) is 2.53. The quantitative estimate of drug-likeness (QED) is 0.319. The molecular weight excluding hydrogens is 316 g/mol. The van der Waals surface area contributed by atoms with Gasteiger partial charge >= 0.3 is 17.9 Å². The Morgan fingerprint density at radius 3 is 2.58 bits per heavy atom. The number of carboxylic acid groups (broad SMARTS) is 1. The Morgan fingerprint density at radius 1 is 1.21 bits per heavy atom. The minimum Gasteiger partial charge on any atom is -0.478 e. The van der Waals surface area contributed by atoms with Gasteiger partial charge in [0.1, 0.15) is 5.75 Å². The van der Waals surface area contributed by atoms with Crippen molar-refractivity contribution in [3.63, 3.8) is 0 Å². The molecule has 7 heteroatoms. The lowest BCUT2D eigenvalue weighted by Gasteiger charge is -2.11. The molecule has 0 heterocycles. The van der Waals surface area contributed by atoms with Crippen LogP contribution in [-0.4, -0.2) is 35.4 Å². The Morgan fingerprint density at radius 2 is 1.92 bits per heavy atom. The van der Waals surface area contributed by atoms with Crippen LogP contribution >= 0.6 is 0 Å². The number of benzene rings is 1. The summed E-state index contributed by atoms with van der Waals surface area (Å²) in [5, 5.41) is 8.39. The minimum absolute atomic E-state index is 0.0973. The number of aldehydes is 1. The highest BCUT2D eigenvalue weighted by Gasteiger charge is 2.11. The van der Waals surface area contributed by atoms with Gasteiger partial charge in [0.25, 0.3) is 0 Å². The largest absolute Gasteiger partial charge is 0.478 e. The zero-order valence-corrected chi connectivity index (χ0v) is 13.1.